The number of carbonyl (C=O) groups is 1. The standard InChI is InChI=1S/C20H20N2O2/c1-14-7-8-19(15(2)11-14)24-10-9-22-20(23)18-13-21-12-16-5-3-4-6-17(16)18/h3-8,11-13H,9-10H2,1-2H3,(H,22,23). The lowest BCUT2D eigenvalue weighted by Crippen LogP contribution is -2.28. The molecule has 0 bridgehead atoms. The number of ether oxygens (including phenoxy) is 1. The first kappa shape index (κ1) is 16.0. The van der Waals surface area contributed by atoms with E-state index in [1.807, 2.05) is 43.3 Å². The lowest BCUT2D eigenvalue weighted by molar-refractivity contribution is 0.0948. The van der Waals surface area contributed by atoms with Gasteiger partial charge in [-0.3, -0.25) is 9.78 Å². The molecule has 122 valence electrons. The first-order chi connectivity index (χ1) is 11.6. The van der Waals surface area contributed by atoms with Gasteiger partial charge in [-0.15, -0.1) is 0 Å². The number of amides is 1. The first-order valence-corrected chi connectivity index (χ1v) is 7.96. The predicted octanol–water partition coefficient (Wildman–Crippen LogP) is 3.66. The van der Waals surface area contributed by atoms with Crippen molar-refractivity contribution in [3.8, 4) is 5.75 Å². The molecule has 0 fully saturated rings. The number of carbonyl (C=O) groups excluding carboxylic acids is 1. The van der Waals surface area contributed by atoms with Crippen molar-refractivity contribution in [2.45, 2.75) is 13.8 Å². The average molecular weight is 320 g/mol. The van der Waals surface area contributed by atoms with Gasteiger partial charge in [0.15, 0.2) is 0 Å². The van der Waals surface area contributed by atoms with Gasteiger partial charge in [0.25, 0.3) is 5.91 Å². The molecule has 24 heavy (non-hydrogen) atoms. The number of aromatic nitrogens is 1. The maximum absolute atomic E-state index is 12.4. The van der Waals surface area contributed by atoms with Gasteiger partial charge in [0.1, 0.15) is 12.4 Å². The maximum atomic E-state index is 12.4. The molecule has 3 aromatic rings. The van der Waals surface area contributed by atoms with Gasteiger partial charge < -0.3 is 10.1 Å². The minimum Gasteiger partial charge on any atom is -0.491 e. The van der Waals surface area contributed by atoms with Gasteiger partial charge in [-0.1, -0.05) is 42.0 Å². The zero-order valence-corrected chi connectivity index (χ0v) is 13.9. The fraction of sp³-hybridized carbons (Fsp3) is 0.200. The molecule has 2 aromatic carbocycles. The number of hydrogen-bond acceptors (Lipinski definition) is 3. The summed E-state index contributed by atoms with van der Waals surface area (Å²) in [6, 6.07) is 13.8. The summed E-state index contributed by atoms with van der Waals surface area (Å²) in [5, 5.41) is 4.75. The molecule has 1 amide bonds. The maximum Gasteiger partial charge on any atom is 0.253 e. The number of aryl methyl sites for hydroxylation is 2. The molecule has 3 rings (SSSR count). The molecule has 4 nitrogen and oxygen atoms in total. The second-order valence-electron chi connectivity index (χ2n) is 5.78. The Morgan fingerprint density at radius 2 is 1.96 bits per heavy atom. The smallest absolute Gasteiger partial charge is 0.253 e. The van der Waals surface area contributed by atoms with Crippen molar-refractivity contribution in [2.24, 2.45) is 0 Å². The number of benzene rings is 2. The van der Waals surface area contributed by atoms with Crippen LogP contribution in [0.4, 0.5) is 0 Å². The Labute approximate surface area is 141 Å². The van der Waals surface area contributed by atoms with Gasteiger partial charge in [-0.2, -0.15) is 0 Å². The number of nitrogens with one attached hydrogen (secondary N) is 1. The van der Waals surface area contributed by atoms with Crippen LogP contribution in [0.15, 0.2) is 54.9 Å². The van der Waals surface area contributed by atoms with E-state index in [4.69, 9.17) is 4.74 Å². The van der Waals surface area contributed by atoms with E-state index in [1.165, 1.54) is 5.56 Å². The van der Waals surface area contributed by atoms with Crippen LogP contribution in [0.5, 0.6) is 5.75 Å². The highest BCUT2D eigenvalue weighted by Gasteiger charge is 2.09. The largest absolute Gasteiger partial charge is 0.491 e. The average Bonchev–Trinajstić information content (AvgIpc) is 2.59. The van der Waals surface area contributed by atoms with Crippen LogP contribution in [0.25, 0.3) is 10.8 Å². The van der Waals surface area contributed by atoms with Crippen LogP contribution in [0.3, 0.4) is 0 Å². The summed E-state index contributed by atoms with van der Waals surface area (Å²) < 4.78 is 5.74. The van der Waals surface area contributed by atoms with Crippen molar-refractivity contribution in [1.82, 2.24) is 10.3 Å². The summed E-state index contributed by atoms with van der Waals surface area (Å²) in [6.45, 7) is 4.93. The SMILES string of the molecule is Cc1ccc(OCCNC(=O)c2cncc3ccccc23)c(C)c1. The Hall–Kier alpha value is -2.88. The van der Waals surface area contributed by atoms with E-state index in [0.29, 0.717) is 18.7 Å². The summed E-state index contributed by atoms with van der Waals surface area (Å²) in [6.07, 6.45) is 3.36. The van der Waals surface area contributed by atoms with Gasteiger partial charge in [-0.25, -0.2) is 0 Å². The van der Waals surface area contributed by atoms with E-state index in [0.717, 1.165) is 22.1 Å². The third-order valence-electron chi connectivity index (χ3n) is 3.89. The van der Waals surface area contributed by atoms with E-state index in [-0.39, 0.29) is 5.91 Å². The number of nitrogens with zero attached hydrogens (tertiary/aromatic N) is 1. The predicted molar refractivity (Wildman–Crippen MR) is 95.5 cm³/mol. The molecule has 0 saturated heterocycles. The Morgan fingerprint density at radius 1 is 1.12 bits per heavy atom. The summed E-state index contributed by atoms with van der Waals surface area (Å²) >= 11 is 0. The molecule has 0 aliphatic heterocycles. The van der Waals surface area contributed by atoms with Crippen molar-refractivity contribution in [3.63, 3.8) is 0 Å². The third kappa shape index (κ3) is 3.54. The molecule has 1 heterocycles. The Bertz CT molecular complexity index is 869. The molecule has 0 saturated carbocycles. The number of hydrogen-bond donors (Lipinski definition) is 1. The van der Waals surface area contributed by atoms with Gasteiger partial charge in [-0.05, 0) is 30.9 Å². The number of pyridine rings is 1. The van der Waals surface area contributed by atoms with Gasteiger partial charge in [0.2, 0.25) is 0 Å². The van der Waals surface area contributed by atoms with E-state index in [2.05, 4.69) is 23.3 Å². The Kier molecular flexibility index (Phi) is 4.75. The van der Waals surface area contributed by atoms with Crippen molar-refractivity contribution in [1.29, 1.82) is 0 Å². The molecule has 1 aromatic heterocycles. The molecule has 0 atom stereocenters. The lowest BCUT2D eigenvalue weighted by atomic mass is 10.1. The molecule has 0 spiro atoms. The minimum atomic E-state index is -0.136. The van der Waals surface area contributed by atoms with Crippen molar-refractivity contribution in [2.75, 3.05) is 13.2 Å². The fourth-order valence-corrected chi connectivity index (χ4v) is 2.68. The van der Waals surface area contributed by atoms with Gasteiger partial charge >= 0.3 is 0 Å². The molecular weight excluding hydrogens is 300 g/mol. The lowest BCUT2D eigenvalue weighted by Gasteiger charge is -2.11. The quantitative estimate of drug-likeness (QED) is 0.730. The molecule has 4 heteroatoms. The monoisotopic (exact) mass is 320 g/mol. The van der Waals surface area contributed by atoms with Gasteiger partial charge in [0, 0.05) is 17.8 Å². The summed E-state index contributed by atoms with van der Waals surface area (Å²) in [5.41, 5.74) is 2.89. The highest BCUT2D eigenvalue weighted by atomic mass is 16.5. The van der Waals surface area contributed by atoms with E-state index in [9.17, 15) is 4.79 Å². The van der Waals surface area contributed by atoms with Crippen LogP contribution >= 0.6 is 0 Å². The van der Waals surface area contributed by atoms with Crippen LogP contribution in [0.2, 0.25) is 0 Å². The molecule has 0 aliphatic rings. The molecule has 0 aliphatic carbocycles. The zero-order valence-electron chi connectivity index (χ0n) is 13.9. The van der Waals surface area contributed by atoms with Crippen LogP contribution in [-0.2, 0) is 0 Å². The number of fused-ring (bicyclic) bond motifs is 1. The third-order valence-corrected chi connectivity index (χ3v) is 3.89. The number of rotatable bonds is 5. The van der Waals surface area contributed by atoms with Gasteiger partial charge in [0.05, 0.1) is 12.1 Å². The van der Waals surface area contributed by atoms with Crippen molar-refractivity contribution >= 4 is 16.7 Å². The minimum absolute atomic E-state index is 0.136. The molecule has 1 N–H and O–H groups in total. The molecular formula is C20H20N2O2. The van der Waals surface area contributed by atoms with Crippen LogP contribution < -0.4 is 10.1 Å². The Morgan fingerprint density at radius 3 is 2.79 bits per heavy atom. The normalized spacial score (nSPS) is 10.6. The summed E-state index contributed by atoms with van der Waals surface area (Å²) in [5.74, 6) is 0.713. The first-order valence-electron chi connectivity index (χ1n) is 7.96. The van der Waals surface area contributed by atoms with Crippen LogP contribution in [-0.4, -0.2) is 24.0 Å². The zero-order chi connectivity index (χ0) is 16.9. The molecule has 0 unspecified atom stereocenters. The topological polar surface area (TPSA) is 51.2 Å². The molecule has 0 radical (unpaired) electrons. The summed E-state index contributed by atoms with van der Waals surface area (Å²) in [4.78, 5) is 16.5. The van der Waals surface area contributed by atoms with Crippen LogP contribution in [0, 0.1) is 13.8 Å². The van der Waals surface area contributed by atoms with Crippen molar-refractivity contribution in [3.05, 3.63) is 71.5 Å². The van der Waals surface area contributed by atoms with E-state index < -0.39 is 0 Å². The summed E-state index contributed by atoms with van der Waals surface area (Å²) in [7, 11) is 0. The highest BCUT2D eigenvalue weighted by molar-refractivity contribution is 6.06. The van der Waals surface area contributed by atoms with Crippen molar-refractivity contribution < 1.29 is 9.53 Å². The Balaban J connectivity index is 1.59. The second kappa shape index (κ2) is 7.13. The van der Waals surface area contributed by atoms with Crippen LogP contribution in [0.1, 0.15) is 21.5 Å². The second-order valence-corrected chi connectivity index (χ2v) is 5.78. The highest BCUT2D eigenvalue weighted by Crippen LogP contribution is 2.19. The van der Waals surface area contributed by atoms with E-state index in [1.54, 1.807) is 12.4 Å². The fourth-order valence-electron chi connectivity index (χ4n) is 2.68. The van der Waals surface area contributed by atoms with E-state index >= 15 is 0 Å².